The molecule has 0 atom stereocenters. The zero-order valence-corrected chi connectivity index (χ0v) is 9.77. The maximum absolute atomic E-state index is 11.8. The smallest absolute Gasteiger partial charge is 0.259 e. The van der Waals surface area contributed by atoms with E-state index >= 15 is 0 Å². The van der Waals surface area contributed by atoms with Crippen molar-refractivity contribution in [3.8, 4) is 0 Å². The monoisotopic (exact) mass is 245 g/mol. The predicted molar refractivity (Wildman–Crippen MR) is 68.5 cm³/mol. The predicted octanol–water partition coefficient (Wildman–Crippen LogP) is 2.33. The van der Waals surface area contributed by atoms with Gasteiger partial charge in [-0.1, -0.05) is 6.58 Å². The van der Waals surface area contributed by atoms with Crippen molar-refractivity contribution in [1.82, 2.24) is 9.97 Å². The maximum Gasteiger partial charge on any atom is 0.259 e. The van der Waals surface area contributed by atoms with Crippen LogP contribution in [0.15, 0.2) is 34.7 Å². The molecule has 0 fully saturated rings. The molecule has 0 spiro atoms. The molecule has 0 amide bonds. The van der Waals surface area contributed by atoms with Crippen LogP contribution in [0.1, 0.15) is 12.7 Å². The summed E-state index contributed by atoms with van der Waals surface area (Å²) in [5.41, 5.74) is 0.286. The van der Waals surface area contributed by atoms with E-state index in [1.54, 1.807) is 6.92 Å². The van der Waals surface area contributed by atoms with Gasteiger partial charge in [-0.3, -0.25) is 4.79 Å². The van der Waals surface area contributed by atoms with Crippen LogP contribution in [-0.2, 0) is 4.74 Å². The van der Waals surface area contributed by atoms with E-state index in [9.17, 15) is 9.70 Å². The van der Waals surface area contributed by atoms with E-state index in [1.807, 2.05) is 0 Å². The fourth-order valence-electron chi connectivity index (χ4n) is 1.56. The Bertz CT molecular complexity index is 676. The summed E-state index contributed by atoms with van der Waals surface area (Å²) in [5, 5.41) is 3.19. The number of nitrogens with one attached hydrogen (secondary N) is 1. The van der Waals surface area contributed by atoms with Gasteiger partial charge in [0.15, 0.2) is 11.6 Å². The maximum atomic E-state index is 11.8. The molecule has 1 heterocycles. The molecule has 0 aliphatic carbocycles. The fraction of sp³-hybridized carbons (Fsp3) is 0.167. The lowest BCUT2D eigenvalue weighted by Gasteiger charge is -2.06. The molecule has 2 aromatic rings. The first kappa shape index (κ1) is 12.0. The van der Waals surface area contributed by atoms with Crippen molar-refractivity contribution in [1.29, 1.82) is 0 Å². The van der Waals surface area contributed by atoms with Gasteiger partial charge in [-0.05, 0) is 30.3 Å². The van der Waals surface area contributed by atoms with E-state index in [2.05, 4.69) is 21.7 Å². The number of rotatable bonds is 4. The van der Waals surface area contributed by atoms with Crippen LogP contribution in [0.3, 0.4) is 0 Å². The number of nitrogens with zero attached hydrogens (tertiary/aromatic N) is 2. The molecule has 0 aliphatic rings. The minimum Gasteiger partial charge on any atom is -0.491 e. The van der Waals surface area contributed by atoms with E-state index in [0.717, 1.165) is 0 Å². The van der Waals surface area contributed by atoms with Gasteiger partial charge in [0.1, 0.15) is 5.69 Å². The lowest BCUT2D eigenvalue weighted by molar-refractivity contribution is 0.296. The number of aromatic amines is 1. The van der Waals surface area contributed by atoms with Gasteiger partial charge in [-0.15, -0.1) is 4.91 Å². The Kier molecular flexibility index (Phi) is 3.18. The molecule has 6 heteroatoms. The summed E-state index contributed by atoms with van der Waals surface area (Å²) in [5.74, 6) is 0.526. The summed E-state index contributed by atoms with van der Waals surface area (Å²) in [6.07, 6.45) is 0. The van der Waals surface area contributed by atoms with Crippen LogP contribution in [-0.4, -0.2) is 16.6 Å². The number of benzene rings is 1. The molecule has 92 valence electrons. The molecule has 0 saturated carbocycles. The van der Waals surface area contributed by atoms with Crippen LogP contribution in [0.4, 0.5) is 5.69 Å². The summed E-state index contributed by atoms with van der Waals surface area (Å²) in [7, 11) is 0. The van der Waals surface area contributed by atoms with Crippen molar-refractivity contribution < 1.29 is 4.74 Å². The van der Waals surface area contributed by atoms with Crippen molar-refractivity contribution in [3.63, 3.8) is 0 Å². The average molecular weight is 245 g/mol. The van der Waals surface area contributed by atoms with Crippen LogP contribution < -0.4 is 5.56 Å². The summed E-state index contributed by atoms with van der Waals surface area (Å²) in [4.78, 5) is 29.0. The van der Waals surface area contributed by atoms with Crippen molar-refractivity contribution in [2.24, 2.45) is 5.18 Å². The van der Waals surface area contributed by atoms with E-state index in [1.165, 1.54) is 18.2 Å². The van der Waals surface area contributed by atoms with Crippen LogP contribution in [0.2, 0.25) is 0 Å². The zero-order chi connectivity index (χ0) is 13.1. The molecule has 0 radical (unpaired) electrons. The number of hydrogen-bond acceptors (Lipinski definition) is 5. The number of ether oxygens (including phenoxy) is 1. The highest BCUT2D eigenvalue weighted by atomic mass is 16.5. The molecule has 18 heavy (non-hydrogen) atoms. The van der Waals surface area contributed by atoms with Crippen molar-refractivity contribution in [2.45, 2.75) is 6.92 Å². The SMILES string of the molecule is C=C(OCC)c1nc2cc(N=O)ccc2c(=O)[nH]1. The van der Waals surface area contributed by atoms with Crippen molar-refractivity contribution >= 4 is 22.3 Å². The minimum atomic E-state index is -0.312. The first-order chi connectivity index (χ1) is 8.65. The van der Waals surface area contributed by atoms with E-state index in [-0.39, 0.29) is 22.8 Å². The van der Waals surface area contributed by atoms with E-state index in [4.69, 9.17) is 4.74 Å². The molecule has 2 rings (SSSR count). The number of aromatic nitrogens is 2. The molecular weight excluding hydrogens is 234 g/mol. The Hall–Kier alpha value is -2.50. The summed E-state index contributed by atoms with van der Waals surface area (Å²) < 4.78 is 5.18. The molecule has 0 bridgehead atoms. The van der Waals surface area contributed by atoms with Gasteiger partial charge in [0.05, 0.1) is 17.5 Å². The van der Waals surface area contributed by atoms with Gasteiger partial charge in [0.25, 0.3) is 5.56 Å². The Morgan fingerprint density at radius 2 is 2.33 bits per heavy atom. The largest absolute Gasteiger partial charge is 0.491 e. The van der Waals surface area contributed by atoms with Gasteiger partial charge in [0.2, 0.25) is 0 Å². The molecule has 1 N–H and O–H groups in total. The lowest BCUT2D eigenvalue weighted by atomic mass is 10.2. The third kappa shape index (κ3) is 2.13. The third-order valence-electron chi connectivity index (χ3n) is 2.38. The second-order valence-electron chi connectivity index (χ2n) is 3.56. The van der Waals surface area contributed by atoms with Crippen LogP contribution in [0.25, 0.3) is 16.7 Å². The third-order valence-corrected chi connectivity index (χ3v) is 2.38. The molecule has 1 aromatic carbocycles. The first-order valence-electron chi connectivity index (χ1n) is 5.35. The quantitative estimate of drug-likeness (QED) is 0.661. The Morgan fingerprint density at radius 1 is 1.56 bits per heavy atom. The van der Waals surface area contributed by atoms with E-state index < -0.39 is 0 Å². The molecule has 1 aromatic heterocycles. The highest BCUT2D eigenvalue weighted by Crippen LogP contribution is 2.18. The number of hydrogen-bond donors (Lipinski definition) is 1. The van der Waals surface area contributed by atoms with Gasteiger partial charge < -0.3 is 9.72 Å². The second kappa shape index (κ2) is 4.79. The minimum absolute atomic E-state index is 0.216. The normalized spacial score (nSPS) is 10.3. The number of nitroso groups, excluding NO2 is 1. The van der Waals surface area contributed by atoms with Gasteiger partial charge in [-0.25, -0.2) is 4.98 Å². The van der Waals surface area contributed by atoms with Crippen LogP contribution in [0, 0.1) is 4.91 Å². The highest BCUT2D eigenvalue weighted by Gasteiger charge is 2.08. The topological polar surface area (TPSA) is 84.4 Å². The lowest BCUT2D eigenvalue weighted by Crippen LogP contribution is -2.12. The number of fused-ring (bicyclic) bond motifs is 1. The number of H-pyrrole nitrogens is 1. The molecule has 6 nitrogen and oxygen atoms in total. The Labute approximate surface area is 102 Å². The molecule has 0 aliphatic heterocycles. The first-order valence-corrected chi connectivity index (χ1v) is 5.35. The standard InChI is InChI=1S/C12H11N3O3/c1-3-18-7(2)11-13-10-6-8(15-17)4-5-9(10)12(16)14-11/h4-6H,2-3H2,1H3,(H,13,14,16). The van der Waals surface area contributed by atoms with E-state index in [0.29, 0.717) is 17.5 Å². The Morgan fingerprint density at radius 3 is 3.00 bits per heavy atom. The van der Waals surface area contributed by atoms with Crippen molar-refractivity contribution in [3.05, 3.63) is 45.9 Å². The van der Waals surface area contributed by atoms with Crippen molar-refractivity contribution in [2.75, 3.05) is 6.61 Å². The fourth-order valence-corrected chi connectivity index (χ4v) is 1.56. The zero-order valence-electron chi connectivity index (χ0n) is 9.77. The molecule has 0 unspecified atom stereocenters. The Balaban J connectivity index is 2.62. The highest BCUT2D eigenvalue weighted by molar-refractivity contribution is 5.81. The summed E-state index contributed by atoms with van der Waals surface area (Å²) in [6.45, 7) is 5.90. The van der Waals surface area contributed by atoms with Crippen LogP contribution in [0.5, 0.6) is 0 Å². The summed E-state index contributed by atoms with van der Waals surface area (Å²) >= 11 is 0. The second-order valence-corrected chi connectivity index (χ2v) is 3.56. The van der Waals surface area contributed by atoms with Crippen LogP contribution >= 0.6 is 0 Å². The molecule has 0 saturated heterocycles. The summed E-state index contributed by atoms with van der Waals surface area (Å²) in [6, 6.07) is 4.41. The molecular formula is C12H11N3O3. The van der Waals surface area contributed by atoms with Gasteiger partial charge in [-0.2, -0.15) is 0 Å². The van der Waals surface area contributed by atoms with Gasteiger partial charge in [0, 0.05) is 0 Å². The average Bonchev–Trinajstić information content (AvgIpc) is 2.38. The van der Waals surface area contributed by atoms with Gasteiger partial charge >= 0.3 is 0 Å².